The van der Waals surface area contributed by atoms with Gasteiger partial charge in [-0.3, -0.25) is 4.79 Å². The average molecular weight is 379 g/mol. The zero-order valence-corrected chi connectivity index (χ0v) is 15.6. The molecule has 0 fully saturated rings. The molecule has 1 amide bonds. The lowest BCUT2D eigenvalue weighted by molar-refractivity contribution is -0.115. The highest BCUT2D eigenvalue weighted by Gasteiger charge is 2.17. The van der Waals surface area contributed by atoms with Crippen molar-refractivity contribution in [3.05, 3.63) is 58.2 Å². The minimum atomic E-state index is -0.111. The summed E-state index contributed by atoms with van der Waals surface area (Å²) in [4.78, 5) is 13.6. The molecule has 2 aromatic carbocycles. The summed E-state index contributed by atoms with van der Waals surface area (Å²) in [6.45, 7) is 0. The van der Waals surface area contributed by atoms with Gasteiger partial charge in [-0.15, -0.1) is 11.8 Å². The Kier molecular flexibility index (Phi) is 5.09. The SMILES string of the molecule is CSc1c(CC(=O)Nc2ccc(Cl)cc2Cl)n(C)c2ccccc12. The van der Waals surface area contributed by atoms with E-state index in [-0.39, 0.29) is 12.3 Å². The summed E-state index contributed by atoms with van der Waals surface area (Å²) >= 11 is 13.7. The molecule has 24 heavy (non-hydrogen) atoms. The fraction of sp³-hybridized carbons (Fsp3) is 0.167. The Morgan fingerprint density at radius 1 is 1.21 bits per heavy atom. The first-order chi connectivity index (χ1) is 11.5. The lowest BCUT2D eigenvalue weighted by Gasteiger charge is -2.09. The fourth-order valence-electron chi connectivity index (χ4n) is 2.78. The molecule has 0 aliphatic rings. The van der Waals surface area contributed by atoms with Gasteiger partial charge < -0.3 is 9.88 Å². The van der Waals surface area contributed by atoms with Gasteiger partial charge in [-0.25, -0.2) is 0 Å². The number of anilines is 1. The lowest BCUT2D eigenvalue weighted by Crippen LogP contribution is -2.16. The second-order valence-electron chi connectivity index (χ2n) is 5.41. The van der Waals surface area contributed by atoms with Gasteiger partial charge in [0.1, 0.15) is 0 Å². The smallest absolute Gasteiger partial charge is 0.230 e. The maximum atomic E-state index is 12.5. The van der Waals surface area contributed by atoms with Crippen molar-refractivity contribution in [2.45, 2.75) is 11.3 Å². The number of nitrogens with zero attached hydrogens (tertiary/aromatic N) is 1. The van der Waals surface area contributed by atoms with E-state index in [1.165, 1.54) is 5.39 Å². The van der Waals surface area contributed by atoms with Gasteiger partial charge in [0, 0.05) is 33.6 Å². The maximum Gasteiger partial charge on any atom is 0.230 e. The third-order valence-electron chi connectivity index (χ3n) is 3.91. The molecule has 0 atom stereocenters. The number of carbonyl (C=O) groups is 1. The number of thioether (sulfide) groups is 1. The van der Waals surface area contributed by atoms with Crippen molar-refractivity contribution in [1.29, 1.82) is 0 Å². The summed E-state index contributed by atoms with van der Waals surface area (Å²) in [5.41, 5.74) is 2.68. The van der Waals surface area contributed by atoms with Crippen LogP contribution in [-0.2, 0) is 18.3 Å². The minimum absolute atomic E-state index is 0.111. The number of hydrogen-bond donors (Lipinski definition) is 1. The molecule has 0 unspecified atom stereocenters. The third kappa shape index (κ3) is 3.27. The molecule has 0 aliphatic carbocycles. The molecular formula is C18H16Cl2N2OS. The number of nitrogens with one attached hydrogen (secondary N) is 1. The molecule has 0 radical (unpaired) electrons. The van der Waals surface area contributed by atoms with Gasteiger partial charge in [-0.1, -0.05) is 41.4 Å². The van der Waals surface area contributed by atoms with E-state index in [4.69, 9.17) is 23.2 Å². The van der Waals surface area contributed by atoms with Crippen molar-refractivity contribution in [2.24, 2.45) is 7.05 Å². The minimum Gasteiger partial charge on any atom is -0.346 e. The number of carbonyl (C=O) groups excluding carboxylic acids is 1. The first-order valence-corrected chi connectivity index (χ1v) is 9.34. The molecule has 1 heterocycles. The van der Waals surface area contributed by atoms with E-state index in [2.05, 4.69) is 22.0 Å². The number of fused-ring (bicyclic) bond motifs is 1. The summed E-state index contributed by atoms with van der Waals surface area (Å²) in [5, 5.41) is 4.99. The van der Waals surface area contributed by atoms with E-state index in [1.54, 1.807) is 30.0 Å². The lowest BCUT2D eigenvalue weighted by atomic mass is 10.2. The van der Waals surface area contributed by atoms with E-state index >= 15 is 0 Å². The number of para-hydroxylation sites is 1. The maximum absolute atomic E-state index is 12.5. The van der Waals surface area contributed by atoms with Gasteiger partial charge in [0.05, 0.1) is 17.1 Å². The summed E-state index contributed by atoms with van der Waals surface area (Å²) in [5.74, 6) is -0.111. The van der Waals surface area contributed by atoms with Crippen LogP contribution >= 0.6 is 35.0 Å². The number of amides is 1. The number of aryl methyl sites for hydroxylation is 1. The predicted molar refractivity (Wildman–Crippen MR) is 103 cm³/mol. The van der Waals surface area contributed by atoms with Crippen LogP contribution in [0.4, 0.5) is 5.69 Å². The van der Waals surface area contributed by atoms with Crippen LogP contribution in [0.5, 0.6) is 0 Å². The van der Waals surface area contributed by atoms with Crippen LogP contribution in [-0.4, -0.2) is 16.7 Å². The molecule has 0 spiro atoms. The Morgan fingerprint density at radius 3 is 2.67 bits per heavy atom. The van der Waals surface area contributed by atoms with E-state index in [9.17, 15) is 4.79 Å². The Labute approximate surface area is 154 Å². The molecule has 3 rings (SSSR count). The summed E-state index contributed by atoms with van der Waals surface area (Å²) in [6, 6.07) is 13.2. The van der Waals surface area contributed by atoms with Crippen LogP contribution < -0.4 is 5.32 Å². The summed E-state index contributed by atoms with van der Waals surface area (Å²) in [6.07, 6.45) is 2.31. The number of hydrogen-bond acceptors (Lipinski definition) is 2. The van der Waals surface area contributed by atoms with Crippen LogP contribution in [0.2, 0.25) is 10.0 Å². The number of rotatable bonds is 4. The predicted octanol–water partition coefficient (Wildman–Crippen LogP) is 5.39. The van der Waals surface area contributed by atoms with Crippen LogP contribution in [0.3, 0.4) is 0 Å². The van der Waals surface area contributed by atoms with E-state index in [1.807, 2.05) is 25.4 Å². The Hall–Kier alpha value is -1.62. The molecule has 0 saturated carbocycles. The van der Waals surface area contributed by atoms with E-state index in [0.717, 1.165) is 16.1 Å². The standard InChI is InChI=1S/C18H16Cl2N2OS/c1-22-15-6-4-3-5-12(15)18(24-2)16(22)10-17(23)21-14-8-7-11(19)9-13(14)20/h3-9H,10H2,1-2H3,(H,21,23). The fourth-order valence-corrected chi connectivity index (χ4v) is 4.07. The topological polar surface area (TPSA) is 34.0 Å². The van der Waals surface area contributed by atoms with E-state index < -0.39 is 0 Å². The van der Waals surface area contributed by atoms with Gasteiger partial charge in [-0.2, -0.15) is 0 Å². The Bertz CT molecular complexity index is 921. The average Bonchev–Trinajstić information content (AvgIpc) is 2.82. The molecule has 124 valence electrons. The highest BCUT2D eigenvalue weighted by molar-refractivity contribution is 7.98. The quantitative estimate of drug-likeness (QED) is 0.617. The van der Waals surface area contributed by atoms with Gasteiger partial charge in [0.2, 0.25) is 5.91 Å². The molecule has 3 nitrogen and oxygen atoms in total. The van der Waals surface area contributed by atoms with Crippen LogP contribution in [0, 0.1) is 0 Å². The first kappa shape index (κ1) is 17.2. The van der Waals surface area contributed by atoms with Gasteiger partial charge in [0.25, 0.3) is 0 Å². The van der Waals surface area contributed by atoms with Crippen molar-refractivity contribution in [2.75, 3.05) is 11.6 Å². The Balaban J connectivity index is 1.89. The zero-order chi connectivity index (χ0) is 17.3. The summed E-state index contributed by atoms with van der Waals surface area (Å²) in [7, 11) is 1.99. The Morgan fingerprint density at radius 2 is 1.96 bits per heavy atom. The zero-order valence-electron chi connectivity index (χ0n) is 13.3. The van der Waals surface area contributed by atoms with Crippen LogP contribution in [0.25, 0.3) is 10.9 Å². The largest absolute Gasteiger partial charge is 0.346 e. The molecule has 0 bridgehead atoms. The third-order valence-corrected chi connectivity index (χ3v) is 5.33. The van der Waals surface area contributed by atoms with Crippen molar-refractivity contribution in [1.82, 2.24) is 4.57 Å². The molecule has 0 saturated heterocycles. The van der Waals surface area contributed by atoms with Gasteiger partial charge in [0.15, 0.2) is 0 Å². The number of aromatic nitrogens is 1. The van der Waals surface area contributed by atoms with E-state index in [0.29, 0.717) is 15.7 Å². The second-order valence-corrected chi connectivity index (χ2v) is 7.07. The van der Waals surface area contributed by atoms with Gasteiger partial charge in [-0.05, 0) is 30.5 Å². The first-order valence-electron chi connectivity index (χ1n) is 7.36. The number of halogens is 2. The molecule has 0 aliphatic heterocycles. The van der Waals surface area contributed by atoms with Crippen molar-refractivity contribution in [3.8, 4) is 0 Å². The van der Waals surface area contributed by atoms with Crippen LogP contribution in [0.15, 0.2) is 47.4 Å². The highest BCUT2D eigenvalue weighted by Crippen LogP contribution is 2.33. The molecule has 1 N–H and O–H groups in total. The molecule has 3 aromatic rings. The monoisotopic (exact) mass is 378 g/mol. The molecular weight excluding hydrogens is 363 g/mol. The normalized spacial score (nSPS) is 11.0. The van der Waals surface area contributed by atoms with Crippen molar-refractivity contribution in [3.63, 3.8) is 0 Å². The summed E-state index contributed by atoms with van der Waals surface area (Å²) < 4.78 is 2.07. The van der Waals surface area contributed by atoms with Crippen molar-refractivity contribution < 1.29 is 4.79 Å². The van der Waals surface area contributed by atoms with Crippen LogP contribution in [0.1, 0.15) is 5.69 Å². The molecule has 1 aromatic heterocycles. The van der Waals surface area contributed by atoms with Crippen molar-refractivity contribution >= 4 is 57.5 Å². The van der Waals surface area contributed by atoms with Gasteiger partial charge >= 0.3 is 0 Å². The highest BCUT2D eigenvalue weighted by atomic mass is 35.5. The molecule has 6 heteroatoms. The number of benzene rings is 2. The second kappa shape index (κ2) is 7.09.